The van der Waals surface area contributed by atoms with Crippen molar-refractivity contribution >= 4 is 0 Å². The zero-order valence-corrected chi connectivity index (χ0v) is 10.8. The Bertz CT molecular complexity index is 541. The molecule has 6 nitrogen and oxygen atoms in total. The fourth-order valence-corrected chi connectivity index (χ4v) is 2.62. The summed E-state index contributed by atoms with van der Waals surface area (Å²) in [6.07, 6.45) is 7.32. The maximum absolute atomic E-state index is 4.36. The molecule has 2 aromatic heterocycles. The quantitative estimate of drug-likeness (QED) is 0.866. The highest BCUT2D eigenvalue weighted by atomic mass is 15.4. The van der Waals surface area contributed by atoms with Crippen molar-refractivity contribution in [1.29, 1.82) is 0 Å². The summed E-state index contributed by atoms with van der Waals surface area (Å²) in [5.41, 5.74) is 3.81. The molecule has 6 heteroatoms. The van der Waals surface area contributed by atoms with E-state index in [9.17, 15) is 0 Å². The first-order valence-corrected chi connectivity index (χ1v) is 6.33. The zero-order chi connectivity index (χ0) is 12.5. The van der Waals surface area contributed by atoms with E-state index in [-0.39, 0.29) is 0 Å². The molecule has 1 unspecified atom stereocenters. The lowest BCUT2D eigenvalue weighted by atomic mass is 9.93. The minimum Gasteiger partial charge on any atom is -0.304 e. The van der Waals surface area contributed by atoms with Crippen LogP contribution in [0.5, 0.6) is 0 Å². The lowest BCUT2D eigenvalue weighted by molar-refractivity contribution is 0.444. The lowest BCUT2D eigenvalue weighted by Gasteiger charge is -2.23. The van der Waals surface area contributed by atoms with Crippen LogP contribution in [-0.2, 0) is 27.1 Å². The van der Waals surface area contributed by atoms with Gasteiger partial charge in [0.2, 0.25) is 0 Å². The highest BCUT2D eigenvalue weighted by molar-refractivity contribution is 5.24. The Morgan fingerprint density at radius 1 is 1.33 bits per heavy atom. The van der Waals surface area contributed by atoms with E-state index in [2.05, 4.69) is 20.7 Å². The Balaban J connectivity index is 1.73. The Labute approximate surface area is 106 Å². The summed E-state index contributed by atoms with van der Waals surface area (Å²) in [6.45, 7) is 0.794. The van der Waals surface area contributed by atoms with E-state index in [0.29, 0.717) is 6.04 Å². The number of aryl methyl sites for hydroxylation is 2. The van der Waals surface area contributed by atoms with Gasteiger partial charge in [0.1, 0.15) is 0 Å². The van der Waals surface area contributed by atoms with Crippen LogP contribution in [0.1, 0.15) is 35.8 Å². The predicted octanol–water partition coefficient (Wildman–Crippen LogP) is 0.716. The van der Waals surface area contributed by atoms with Gasteiger partial charge < -0.3 is 5.32 Å². The molecule has 0 fully saturated rings. The summed E-state index contributed by atoms with van der Waals surface area (Å²) in [5, 5.41) is 15.8. The first-order chi connectivity index (χ1) is 8.75. The monoisotopic (exact) mass is 246 g/mol. The van der Waals surface area contributed by atoms with E-state index >= 15 is 0 Å². The Kier molecular flexibility index (Phi) is 2.87. The molecule has 0 amide bonds. The molecule has 0 aliphatic heterocycles. The molecular formula is C12H18N6. The van der Waals surface area contributed by atoms with Crippen LogP contribution in [0, 0.1) is 0 Å². The van der Waals surface area contributed by atoms with E-state index in [1.165, 1.54) is 24.1 Å². The first-order valence-electron chi connectivity index (χ1n) is 6.33. The van der Waals surface area contributed by atoms with E-state index < -0.39 is 0 Å². The van der Waals surface area contributed by atoms with Gasteiger partial charge in [-0.1, -0.05) is 5.21 Å². The molecule has 0 bridgehead atoms. The van der Waals surface area contributed by atoms with Crippen LogP contribution in [0.2, 0.25) is 0 Å². The first kappa shape index (κ1) is 11.4. The average Bonchev–Trinajstić information content (AvgIpc) is 2.95. The molecule has 3 rings (SSSR count). The van der Waals surface area contributed by atoms with Gasteiger partial charge in [-0.25, -0.2) is 0 Å². The maximum atomic E-state index is 4.36. The average molecular weight is 246 g/mol. The standard InChI is InChI=1S/C12H18N6/c1-17-9(7-14-16-17)6-13-11-4-3-5-12-10(11)8-15-18(12)2/h7-8,11,13H,3-6H2,1-2H3. The van der Waals surface area contributed by atoms with Gasteiger partial charge in [-0.05, 0) is 19.3 Å². The third kappa shape index (κ3) is 1.92. The summed E-state index contributed by atoms with van der Waals surface area (Å²) in [5.74, 6) is 0. The predicted molar refractivity (Wildman–Crippen MR) is 66.7 cm³/mol. The number of fused-ring (bicyclic) bond motifs is 1. The van der Waals surface area contributed by atoms with Gasteiger partial charge in [0.25, 0.3) is 0 Å². The van der Waals surface area contributed by atoms with Crippen LogP contribution in [0.4, 0.5) is 0 Å². The smallest absolute Gasteiger partial charge is 0.0738 e. The number of hydrogen-bond acceptors (Lipinski definition) is 4. The number of aromatic nitrogens is 5. The van der Waals surface area contributed by atoms with Gasteiger partial charge in [-0.2, -0.15) is 5.10 Å². The minimum absolute atomic E-state index is 0.400. The van der Waals surface area contributed by atoms with Gasteiger partial charge in [0.15, 0.2) is 0 Å². The molecule has 18 heavy (non-hydrogen) atoms. The van der Waals surface area contributed by atoms with Gasteiger partial charge in [-0.3, -0.25) is 9.36 Å². The fraction of sp³-hybridized carbons (Fsp3) is 0.583. The molecule has 1 aliphatic carbocycles. The van der Waals surface area contributed by atoms with Crippen LogP contribution < -0.4 is 5.32 Å². The third-order valence-corrected chi connectivity index (χ3v) is 3.71. The molecular weight excluding hydrogens is 228 g/mol. The van der Waals surface area contributed by atoms with Gasteiger partial charge >= 0.3 is 0 Å². The van der Waals surface area contributed by atoms with Crippen molar-refractivity contribution in [2.75, 3.05) is 0 Å². The molecule has 1 N–H and O–H groups in total. The molecule has 96 valence electrons. The van der Waals surface area contributed by atoms with Crippen LogP contribution in [-0.4, -0.2) is 24.8 Å². The topological polar surface area (TPSA) is 60.6 Å². The normalized spacial score (nSPS) is 18.9. The van der Waals surface area contributed by atoms with E-state index in [4.69, 9.17) is 0 Å². The van der Waals surface area contributed by atoms with Gasteiger partial charge in [-0.15, -0.1) is 5.10 Å². The van der Waals surface area contributed by atoms with Gasteiger partial charge in [0, 0.05) is 37.9 Å². The van der Waals surface area contributed by atoms with Crippen molar-refractivity contribution in [3.63, 3.8) is 0 Å². The highest BCUT2D eigenvalue weighted by Gasteiger charge is 2.23. The van der Waals surface area contributed by atoms with Crippen molar-refractivity contribution in [1.82, 2.24) is 30.1 Å². The molecule has 0 aromatic carbocycles. The number of rotatable bonds is 3. The molecule has 0 spiro atoms. The molecule has 1 atom stereocenters. The van der Waals surface area contributed by atoms with Crippen LogP contribution in [0.3, 0.4) is 0 Å². The van der Waals surface area contributed by atoms with Crippen molar-refractivity contribution in [2.45, 2.75) is 31.8 Å². The maximum Gasteiger partial charge on any atom is 0.0738 e. The van der Waals surface area contributed by atoms with Crippen molar-refractivity contribution in [3.05, 3.63) is 29.3 Å². The van der Waals surface area contributed by atoms with E-state index in [0.717, 1.165) is 18.7 Å². The highest BCUT2D eigenvalue weighted by Crippen LogP contribution is 2.29. The molecule has 0 saturated carbocycles. The van der Waals surface area contributed by atoms with Crippen LogP contribution in [0.25, 0.3) is 0 Å². The number of hydrogen-bond donors (Lipinski definition) is 1. The second-order valence-corrected chi connectivity index (χ2v) is 4.84. The molecule has 0 radical (unpaired) electrons. The number of nitrogens with one attached hydrogen (secondary N) is 1. The summed E-state index contributed by atoms with van der Waals surface area (Å²) in [7, 11) is 3.94. The summed E-state index contributed by atoms with van der Waals surface area (Å²) in [6, 6.07) is 0.400. The minimum atomic E-state index is 0.400. The van der Waals surface area contributed by atoms with Crippen molar-refractivity contribution in [3.8, 4) is 0 Å². The SMILES string of the molecule is Cn1nncc1CNC1CCCc2c1cnn2C. The Hall–Kier alpha value is -1.69. The second kappa shape index (κ2) is 4.53. The molecule has 1 aliphatic rings. The third-order valence-electron chi connectivity index (χ3n) is 3.71. The summed E-state index contributed by atoms with van der Waals surface area (Å²) in [4.78, 5) is 0. The molecule has 2 heterocycles. The summed E-state index contributed by atoms with van der Waals surface area (Å²) >= 11 is 0. The Morgan fingerprint density at radius 3 is 3.00 bits per heavy atom. The zero-order valence-electron chi connectivity index (χ0n) is 10.8. The molecule has 0 saturated heterocycles. The van der Waals surface area contributed by atoms with Crippen molar-refractivity contribution in [2.24, 2.45) is 14.1 Å². The number of nitrogens with zero attached hydrogens (tertiary/aromatic N) is 5. The van der Waals surface area contributed by atoms with E-state index in [1.807, 2.05) is 25.0 Å². The molecule has 2 aromatic rings. The largest absolute Gasteiger partial charge is 0.304 e. The van der Waals surface area contributed by atoms with Crippen LogP contribution >= 0.6 is 0 Å². The van der Waals surface area contributed by atoms with Crippen LogP contribution in [0.15, 0.2) is 12.4 Å². The van der Waals surface area contributed by atoms with E-state index in [1.54, 1.807) is 10.9 Å². The van der Waals surface area contributed by atoms with Gasteiger partial charge in [0.05, 0.1) is 18.1 Å². The van der Waals surface area contributed by atoms with Crippen molar-refractivity contribution < 1.29 is 0 Å². The second-order valence-electron chi connectivity index (χ2n) is 4.84. The fourth-order valence-electron chi connectivity index (χ4n) is 2.62. The lowest BCUT2D eigenvalue weighted by Crippen LogP contribution is -2.25. The summed E-state index contributed by atoms with van der Waals surface area (Å²) < 4.78 is 3.80. The Morgan fingerprint density at radius 2 is 2.22 bits per heavy atom.